The Morgan fingerprint density at radius 2 is 1.62 bits per heavy atom. The molecule has 0 aliphatic rings. The lowest BCUT2D eigenvalue weighted by molar-refractivity contribution is 0.320. The lowest BCUT2D eigenvalue weighted by Crippen LogP contribution is -2.31. The molecule has 0 radical (unpaired) electrons. The van der Waals surface area contributed by atoms with E-state index in [2.05, 4.69) is 17.7 Å². The second-order valence-corrected chi connectivity index (χ2v) is 7.93. The third-order valence-electron chi connectivity index (χ3n) is 3.98. The van der Waals surface area contributed by atoms with Gasteiger partial charge < -0.3 is 4.74 Å². The van der Waals surface area contributed by atoms with E-state index in [9.17, 15) is 8.42 Å². The van der Waals surface area contributed by atoms with Crippen LogP contribution in [0.2, 0.25) is 0 Å². The number of hydrogen-bond donors (Lipinski definition) is 1. The zero-order chi connectivity index (χ0) is 17.6. The van der Waals surface area contributed by atoms with Crippen LogP contribution in [0.15, 0.2) is 42.5 Å². The quantitative estimate of drug-likeness (QED) is 0.746. The monoisotopic (exact) mass is 347 g/mol. The Bertz CT molecular complexity index is 771. The first-order valence-electron chi connectivity index (χ1n) is 8.09. The van der Waals surface area contributed by atoms with Gasteiger partial charge in [0.1, 0.15) is 12.4 Å². The minimum Gasteiger partial charge on any atom is -0.492 e. The highest BCUT2D eigenvalue weighted by Gasteiger charge is 2.10. The number of nitrogens with one attached hydrogen (secondary N) is 1. The minimum absolute atomic E-state index is 0.0830. The number of ether oxygens (including phenoxy) is 1. The molecule has 0 aliphatic carbocycles. The number of rotatable bonds is 8. The highest BCUT2D eigenvalue weighted by molar-refractivity contribution is 7.89. The van der Waals surface area contributed by atoms with Crippen LogP contribution < -0.4 is 9.46 Å². The minimum atomic E-state index is -3.29. The average molecular weight is 347 g/mol. The van der Waals surface area contributed by atoms with E-state index in [4.69, 9.17) is 4.74 Å². The average Bonchev–Trinajstić information content (AvgIpc) is 2.55. The molecule has 0 atom stereocenters. The van der Waals surface area contributed by atoms with Crippen LogP contribution >= 0.6 is 0 Å². The van der Waals surface area contributed by atoms with E-state index >= 15 is 0 Å². The largest absolute Gasteiger partial charge is 0.492 e. The number of sulfonamides is 1. The van der Waals surface area contributed by atoms with Gasteiger partial charge in [-0.15, -0.1) is 0 Å². The molecule has 130 valence electrons. The predicted molar refractivity (Wildman–Crippen MR) is 98.1 cm³/mol. The van der Waals surface area contributed by atoms with E-state index in [0.29, 0.717) is 13.0 Å². The second kappa shape index (κ2) is 8.31. The lowest BCUT2D eigenvalue weighted by atomic mass is 10.1. The van der Waals surface area contributed by atoms with Gasteiger partial charge in [-0.05, 0) is 55.5 Å². The Balaban J connectivity index is 1.78. The molecule has 2 rings (SSSR count). The van der Waals surface area contributed by atoms with Gasteiger partial charge in [0.25, 0.3) is 0 Å². The summed E-state index contributed by atoms with van der Waals surface area (Å²) in [5.41, 5.74) is 4.47. The first-order valence-corrected chi connectivity index (χ1v) is 9.74. The molecule has 0 saturated heterocycles. The molecule has 0 aromatic heterocycles. The van der Waals surface area contributed by atoms with Crippen molar-refractivity contribution in [2.24, 2.45) is 0 Å². The summed E-state index contributed by atoms with van der Waals surface area (Å²) in [6.07, 6.45) is 0.507. The van der Waals surface area contributed by atoms with Crippen molar-refractivity contribution in [3.8, 4) is 5.75 Å². The van der Waals surface area contributed by atoms with Crippen LogP contribution in [0.1, 0.15) is 22.3 Å². The van der Waals surface area contributed by atoms with Gasteiger partial charge in [0.05, 0.1) is 5.75 Å². The van der Waals surface area contributed by atoms with Gasteiger partial charge >= 0.3 is 0 Å². The molecule has 2 aromatic carbocycles. The molecule has 0 unspecified atom stereocenters. The zero-order valence-electron chi connectivity index (χ0n) is 14.5. The second-order valence-electron chi connectivity index (χ2n) is 6.00. The van der Waals surface area contributed by atoms with Crippen LogP contribution in [0.4, 0.5) is 0 Å². The summed E-state index contributed by atoms with van der Waals surface area (Å²) in [6, 6.07) is 13.7. The van der Waals surface area contributed by atoms with Gasteiger partial charge in [0.2, 0.25) is 10.0 Å². The Hall–Kier alpha value is -1.85. The van der Waals surface area contributed by atoms with Gasteiger partial charge in [-0.25, -0.2) is 13.1 Å². The van der Waals surface area contributed by atoms with E-state index < -0.39 is 10.0 Å². The number of benzene rings is 2. The predicted octanol–water partition coefficient (Wildman–Crippen LogP) is 3.15. The highest BCUT2D eigenvalue weighted by Crippen LogP contribution is 2.22. The summed E-state index contributed by atoms with van der Waals surface area (Å²) < 4.78 is 32.3. The van der Waals surface area contributed by atoms with E-state index in [0.717, 1.165) is 16.9 Å². The smallest absolute Gasteiger partial charge is 0.212 e. The van der Waals surface area contributed by atoms with E-state index in [1.807, 2.05) is 50.2 Å². The van der Waals surface area contributed by atoms with Gasteiger partial charge in [-0.3, -0.25) is 0 Å². The van der Waals surface area contributed by atoms with Crippen molar-refractivity contribution in [3.63, 3.8) is 0 Å². The van der Waals surface area contributed by atoms with Crippen LogP contribution in [-0.2, 0) is 16.4 Å². The van der Waals surface area contributed by atoms with Gasteiger partial charge in [-0.1, -0.05) is 36.4 Å². The van der Waals surface area contributed by atoms with Gasteiger partial charge in [0, 0.05) is 6.54 Å². The molecule has 0 amide bonds. The standard InChI is InChI=1S/C19H25NO3S/c1-15-13-17(3)19(14-16(15)2)23-11-10-20-24(21,22)12-9-18-7-5-4-6-8-18/h4-8,13-14,20H,9-12H2,1-3H3. The number of aryl methyl sites for hydroxylation is 4. The maximum absolute atomic E-state index is 12.0. The first kappa shape index (κ1) is 18.5. The highest BCUT2D eigenvalue weighted by atomic mass is 32.2. The molecule has 4 nitrogen and oxygen atoms in total. The van der Waals surface area contributed by atoms with E-state index in [1.54, 1.807) is 0 Å². The first-order chi connectivity index (χ1) is 11.4. The Morgan fingerprint density at radius 1 is 0.958 bits per heavy atom. The van der Waals surface area contributed by atoms with Crippen molar-refractivity contribution in [1.29, 1.82) is 0 Å². The van der Waals surface area contributed by atoms with Crippen LogP contribution in [-0.4, -0.2) is 27.3 Å². The van der Waals surface area contributed by atoms with Crippen molar-refractivity contribution in [2.45, 2.75) is 27.2 Å². The van der Waals surface area contributed by atoms with Crippen LogP contribution in [0.5, 0.6) is 5.75 Å². The van der Waals surface area contributed by atoms with E-state index in [-0.39, 0.29) is 12.3 Å². The Labute approximate surface area is 144 Å². The molecule has 0 heterocycles. The summed E-state index contributed by atoms with van der Waals surface area (Å²) >= 11 is 0. The molecule has 0 fully saturated rings. The van der Waals surface area contributed by atoms with Crippen molar-refractivity contribution in [3.05, 3.63) is 64.7 Å². The molecule has 0 saturated carbocycles. The molecule has 24 heavy (non-hydrogen) atoms. The van der Waals surface area contributed by atoms with Gasteiger partial charge in [-0.2, -0.15) is 0 Å². The third-order valence-corrected chi connectivity index (χ3v) is 5.36. The molecule has 5 heteroatoms. The summed E-state index contributed by atoms with van der Waals surface area (Å²) in [4.78, 5) is 0. The van der Waals surface area contributed by atoms with Crippen LogP contribution in [0.3, 0.4) is 0 Å². The fourth-order valence-corrected chi connectivity index (χ4v) is 3.46. The van der Waals surface area contributed by atoms with Crippen molar-refractivity contribution >= 4 is 10.0 Å². The zero-order valence-corrected chi connectivity index (χ0v) is 15.3. The molecule has 1 N–H and O–H groups in total. The van der Waals surface area contributed by atoms with Gasteiger partial charge in [0.15, 0.2) is 0 Å². The third kappa shape index (κ3) is 5.65. The molecule has 2 aromatic rings. The Kier molecular flexibility index (Phi) is 6.40. The molecule has 0 aliphatic heterocycles. The topological polar surface area (TPSA) is 55.4 Å². The summed E-state index contributed by atoms with van der Waals surface area (Å²) in [5.74, 6) is 0.890. The fraction of sp³-hybridized carbons (Fsp3) is 0.368. The van der Waals surface area contributed by atoms with Crippen molar-refractivity contribution in [1.82, 2.24) is 4.72 Å². The van der Waals surface area contributed by atoms with Crippen molar-refractivity contribution < 1.29 is 13.2 Å². The maximum Gasteiger partial charge on any atom is 0.212 e. The molecule has 0 bridgehead atoms. The van der Waals surface area contributed by atoms with Crippen molar-refractivity contribution in [2.75, 3.05) is 18.9 Å². The number of hydrogen-bond acceptors (Lipinski definition) is 3. The Morgan fingerprint density at radius 3 is 2.33 bits per heavy atom. The molecule has 0 spiro atoms. The normalized spacial score (nSPS) is 11.5. The SMILES string of the molecule is Cc1cc(C)c(OCCNS(=O)(=O)CCc2ccccc2)cc1C. The van der Waals surface area contributed by atoms with Crippen LogP contribution in [0, 0.1) is 20.8 Å². The summed E-state index contributed by atoms with van der Waals surface area (Å²) in [6.45, 7) is 6.67. The van der Waals surface area contributed by atoms with E-state index in [1.165, 1.54) is 11.1 Å². The molecular weight excluding hydrogens is 322 g/mol. The molecular formula is C19H25NO3S. The lowest BCUT2D eigenvalue weighted by Gasteiger charge is -2.12. The van der Waals surface area contributed by atoms with Crippen LogP contribution in [0.25, 0.3) is 0 Å². The summed E-state index contributed by atoms with van der Waals surface area (Å²) in [5, 5.41) is 0. The maximum atomic E-state index is 12.0. The fourth-order valence-electron chi connectivity index (χ4n) is 2.42. The summed E-state index contributed by atoms with van der Waals surface area (Å²) in [7, 11) is -3.29.